The van der Waals surface area contributed by atoms with Crippen molar-refractivity contribution in [3.63, 3.8) is 0 Å². The molecule has 6 heteroatoms. The van der Waals surface area contributed by atoms with E-state index in [4.69, 9.17) is 4.99 Å². The molecule has 2 N–H and O–H groups in total. The molecule has 0 bridgehead atoms. The molecule has 0 spiro atoms. The van der Waals surface area contributed by atoms with Gasteiger partial charge in [-0.3, -0.25) is 4.79 Å². The fourth-order valence-electron chi connectivity index (χ4n) is 5.15. The van der Waals surface area contributed by atoms with Gasteiger partial charge in [0, 0.05) is 42.6 Å². The lowest BCUT2D eigenvalue weighted by Crippen LogP contribution is -2.39. The van der Waals surface area contributed by atoms with E-state index in [1.165, 1.54) is 34.9 Å². The Morgan fingerprint density at radius 2 is 1.97 bits per heavy atom. The van der Waals surface area contributed by atoms with Crippen molar-refractivity contribution in [2.75, 3.05) is 31.5 Å². The largest absolute Gasteiger partial charge is 0.352 e. The Morgan fingerprint density at radius 1 is 1.10 bits per heavy atom. The molecule has 158 valence electrons. The van der Waals surface area contributed by atoms with Gasteiger partial charge in [0.15, 0.2) is 5.84 Å². The van der Waals surface area contributed by atoms with Gasteiger partial charge in [-0.05, 0) is 67.7 Å². The second-order valence-corrected chi connectivity index (χ2v) is 8.82. The topological polar surface area (TPSA) is 63.7 Å². The van der Waals surface area contributed by atoms with Crippen LogP contribution in [0.3, 0.4) is 0 Å². The van der Waals surface area contributed by atoms with Gasteiger partial charge in [-0.2, -0.15) is 0 Å². The van der Waals surface area contributed by atoms with Crippen LogP contribution in [0.15, 0.2) is 47.5 Å². The summed E-state index contributed by atoms with van der Waals surface area (Å²) in [5.41, 5.74) is 6.73. The van der Waals surface area contributed by atoms with Crippen LogP contribution in [-0.2, 0) is 17.8 Å². The van der Waals surface area contributed by atoms with E-state index in [0.29, 0.717) is 6.42 Å². The molecular formula is C25H27N5O. The van der Waals surface area contributed by atoms with Crippen LogP contribution >= 0.6 is 0 Å². The van der Waals surface area contributed by atoms with Crippen LogP contribution in [0, 0.1) is 0 Å². The number of amides is 1. The van der Waals surface area contributed by atoms with E-state index in [0.717, 1.165) is 62.0 Å². The molecule has 6 nitrogen and oxygen atoms in total. The number of nitrogens with zero attached hydrogens (tertiary/aromatic N) is 3. The van der Waals surface area contributed by atoms with Crippen LogP contribution in [0.5, 0.6) is 0 Å². The maximum atomic E-state index is 12.4. The number of aromatic nitrogens is 1. The van der Waals surface area contributed by atoms with Crippen molar-refractivity contribution in [1.82, 2.24) is 14.8 Å². The Hall–Kier alpha value is -3.12. The zero-order valence-corrected chi connectivity index (χ0v) is 17.7. The highest BCUT2D eigenvalue weighted by Crippen LogP contribution is 2.35. The number of para-hydroxylation sites is 1. The number of carbonyl (C=O) groups excluding carboxylic acids is 1. The molecule has 0 saturated carbocycles. The fraction of sp³-hybridized carbons (Fsp3) is 0.360. The highest BCUT2D eigenvalue weighted by molar-refractivity contribution is 6.07. The van der Waals surface area contributed by atoms with Crippen molar-refractivity contribution >= 4 is 34.0 Å². The van der Waals surface area contributed by atoms with E-state index in [1.54, 1.807) is 0 Å². The normalized spacial score (nSPS) is 17.8. The van der Waals surface area contributed by atoms with E-state index in [1.807, 2.05) is 12.1 Å². The predicted molar refractivity (Wildman–Crippen MR) is 124 cm³/mol. The van der Waals surface area contributed by atoms with Crippen LogP contribution in [0.25, 0.3) is 10.9 Å². The maximum Gasteiger partial charge on any atom is 0.225 e. The highest BCUT2D eigenvalue weighted by atomic mass is 16.1. The molecule has 3 aliphatic heterocycles. The van der Waals surface area contributed by atoms with Gasteiger partial charge >= 0.3 is 0 Å². The maximum absolute atomic E-state index is 12.4. The summed E-state index contributed by atoms with van der Waals surface area (Å²) in [4.78, 5) is 25.7. The lowest BCUT2D eigenvalue weighted by atomic mass is 10.00. The first-order valence-corrected chi connectivity index (χ1v) is 11.3. The Balaban J connectivity index is 1.23. The van der Waals surface area contributed by atoms with E-state index in [-0.39, 0.29) is 5.91 Å². The highest BCUT2D eigenvalue weighted by Gasteiger charge is 2.29. The number of H-pyrrole nitrogens is 1. The number of fused-ring (bicyclic) bond motifs is 6. The first kappa shape index (κ1) is 18.6. The van der Waals surface area contributed by atoms with Gasteiger partial charge in [0.1, 0.15) is 0 Å². The molecule has 0 radical (unpaired) electrons. The first-order valence-electron chi connectivity index (χ1n) is 11.3. The number of hydrogen-bond acceptors (Lipinski definition) is 4. The molecule has 6 rings (SSSR count). The number of amidine groups is 1. The summed E-state index contributed by atoms with van der Waals surface area (Å²) >= 11 is 0. The molecule has 1 amide bonds. The molecule has 3 aliphatic rings. The number of carbonyl (C=O) groups is 1. The lowest BCUT2D eigenvalue weighted by Gasteiger charge is -2.34. The van der Waals surface area contributed by atoms with Crippen molar-refractivity contribution in [2.45, 2.75) is 32.2 Å². The van der Waals surface area contributed by atoms with Gasteiger partial charge in [0.05, 0.1) is 11.4 Å². The number of anilines is 1. The van der Waals surface area contributed by atoms with Crippen LogP contribution in [-0.4, -0.2) is 52.7 Å². The molecular weight excluding hydrogens is 386 g/mol. The van der Waals surface area contributed by atoms with Crippen molar-refractivity contribution in [2.24, 2.45) is 4.99 Å². The minimum absolute atomic E-state index is 0.0903. The van der Waals surface area contributed by atoms with Crippen molar-refractivity contribution in [1.29, 1.82) is 0 Å². The second-order valence-electron chi connectivity index (χ2n) is 8.82. The smallest absolute Gasteiger partial charge is 0.225 e. The van der Waals surface area contributed by atoms with Gasteiger partial charge in [0.25, 0.3) is 0 Å². The molecule has 1 fully saturated rings. The molecule has 31 heavy (non-hydrogen) atoms. The lowest BCUT2D eigenvalue weighted by molar-refractivity contribution is -0.116. The van der Waals surface area contributed by atoms with Gasteiger partial charge in [-0.15, -0.1) is 0 Å². The molecule has 1 aromatic heterocycles. The molecule has 2 aromatic carbocycles. The number of rotatable bonds is 4. The summed E-state index contributed by atoms with van der Waals surface area (Å²) in [5, 5.41) is 4.39. The second kappa shape index (κ2) is 7.54. The molecule has 0 aliphatic carbocycles. The quantitative estimate of drug-likeness (QED) is 0.678. The summed E-state index contributed by atoms with van der Waals surface area (Å²) in [7, 11) is 0. The summed E-state index contributed by atoms with van der Waals surface area (Å²) in [6.07, 6.45) is 4.08. The molecule has 0 unspecified atom stereocenters. The zero-order chi connectivity index (χ0) is 20.8. The van der Waals surface area contributed by atoms with E-state index < -0.39 is 0 Å². The van der Waals surface area contributed by atoms with Crippen LogP contribution in [0.2, 0.25) is 0 Å². The van der Waals surface area contributed by atoms with Gasteiger partial charge in [-0.1, -0.05) is 18.2 Å². The van der Waals surface area contributed by atoms with Crippen molar-refractivity contribution < 1.29 is 4.79 Å². The standard InChI is InChI=1S/C25H27N5O/c31-23(10-13-29-11-3-4-12-29)26-18-7-8-21-17(15-18)16-30-14-9-20-19-5-1-2-6-22(19)27-24(20)25(30)28-21/h1-2,5-8,15,27H,3-4,9-14,16H2,(H,26,31). The van der Waals surface area contributed by atoms with Crippen molar-refractivity contribution in [3.8, 4) is 0 Å². The number of likely N-dealkylation sites (tertiary alicyclic amines) is 1. The van der Waals surface area contributed by atoms with E-state index >= 15 is 0 Å². The van der Waals surface area contributed by atoms with Crippen LogP contribution in [0.4, 0.5) is 11.4 Å². The molecule has 3 aromatic rings. The van der Waals surface area contributed by atoms with Crippen molar-refractivity contribution in [3.05, 3.63) is 59.3 Å². The van der Waals surface area contributed by atoms with Crippen LogP contribution < -0.4 is 5.32 Å². The average Bonchev–Trinajstić information content (AvgIpc) is 3.44. The van der Waals surface area contributed by atoms with Gasteiger partial charge in [0.2, 0.25) is 5.91 Å². The minimum Gasteiger partial charge on any atom is -0.352 e. The molecule has 1 saturated heterocycles. The summed E-state index contributed by atoms with van der Waals surface area (Å²) in [6, 6.07) is 14.6. The Kier molecular flexibility index (Phi) is 4.53. The fourth-order valence-corrected chi connectivity index (χ4v) is 5.15. The number of aromatic amines is 1. The monoisotopic (exact) mass is 413 g/mol. The number of aliphatic imine (C=N–C) groups is 1. The average molecular weight is 414 g/mol. The Morgan fingerprint density at radius 3 is 2.87 bits per heavy atom. The van der Waals surface area contributed by atoms with Crippen LogP contribution in [0.1, 0.15) is 36.1 Å². The zero-order valence-electron chi connectivity index (χ0n) is 17.7. The molecule has 0 atom stereocenters. The minimum atomic E-state index is 0.0903. The summed E-state index contributed by atoms with van der Waals surface area (Å²) < 4.78 is 0. The number of hydrogen-bond donors (Lipinski definition) is 2. The SMILES string of the molecule is O=C(CCN1CCCC1)Nc1ccc2c(c1)CN1CCc3c([nH]c4ccccc34)C1=N2. The number of nitrogens with one attached hydrogen (secondary N) is 2. The third-order valence-electron chi connectivity index (χ3n) is 6.77. The Bertz CT molecular complexity index is 1190. The van der Waals surface area contributed by atoms with E-state index in [2.05, 4.69) is 50.4 Å². The van der Waals surface area contributed by atoms with Gasteiger partial charge < -0.3 is 20.1 Å². The molecule has 4 heterocycles. The third-order valence-corrected chi connectivity index (χ3v) is 6.77. The van der Waals surface area contributed by atoms with E-state index in [9.17, 15) is 4.79 Å². The van der Waals surface area contributed by atoms with Gasteiger partial charge in [-0.25, -0.2) is 4.99 Å². The summed E-state index contributed by atoms with van der Waals surface area (Å²) in [5.74, 6) is 1.12. The summed E-state index contributed by atoms with van der Waals surface area (Å²) in [6.45, 7) is 4.88. The Labute approximate surface area is 182 Å². The third kappa shape index (κ3) is 3.41. The predicted octanol–water partition coefficient (Wildman–Crippen LogP) is 4.04. The number of benzene rings is 2. The first-order chi connectivity index (χ1) is 15.2.